The number of fused-ring (bicyclic) bond motifs is 1. The smallest absolute Gasteiger partial charge is 0.262 e. The van der Waals surface area contributed by atoms with Crippen LogP contribution in [-0.2, 0) is 0 Å². The number of rotatable bonds is 4. The lowest BCUT2D eigenvalue weighted by molar-refractivity contribution is 0.0551. The van der Waals surface area contributed by atoms with Crippen LogP contribution in [0.2, 0.25) is 5.02 Å². The van der Waals surface area contributed by atoms with Gasteiger partial charge in [0.25, 0.3) is 5.91 Å². The first-order chi connectivity index (χ1) is 9.80. The molecule has 1 heterocycles. The number of aliphatic hydroxyl groups is 1. The molecule has 114 valence electrons. The average Bonchev–Trinajstić information content (AvgIpc) is 2.75. The van der Waals surface area contributed by atoms with E-state index in [2.05, 4.69) is 5.32 Å². The molecule has 0 spiro atoms. The summed E-state index contributed by atoms with van der Waals surface area (Å²) in [6.07, 6.45) is 0.0771. The number of nitrogens with one attached hydrogen (secondary N) is 1. The second kappa shape index (κ2) is 6.34. The third-order valence-electron chi connectivity index (χ3n) is 3.44. The Balaban J connectivity index is 2.01. The molecule has 5 heteroatoms. The second-order valence-corrected chi connectivity index (χ2v) is 7.60. The summed E-state index contributed by atoms with van der Waals surface area (Å²) in [5.74, 6) is -0.178. The summed E-state index contributed by atoms with van der Waals surface area (Å²) in [5, 5.41) is 14.2. The molecule has 1 aromatic carbocycles. The summed E-state index contributed by atoms with van der Waals surface area (Å²) >= 11 is 7.66. The highest BCUT2D eigenvalue weighted by Crippen LogP contribution is 2.34. The first kappa shape index (κ1) is 16.3. The van der Waals surface area contributed by atoms with E-state index in [1.165, 1.54) is 11.3 Å². The Morgan fingerprint density at radius 1 is 1.38 bits per heavy atom. The molecule has 2 aromatic rings. The van der Waals surface area contributed by atoms with Crippen molar-refractivity contribution in [2.75, 3.05) is 6.54 Å². The molecular formula is C16H20ClNO2S. The van der Waals surface area contributed by atoms with E-state index in [-0.39, 0.29) is 11.3 Å². The molecule has 0 aliphatic heterocycles. The van der Waals surface area contributed by atoms with E-state index in [0.29, 0.717) is 22.9 Å². The summed E-state index contributed by atoms with van der Waals surface area (Å²) in [5.41, 5.74) is -0.181. The van der Waals surface area contributed by atoms with Crippen LogP contribution >= 0.6 is 22.9 Å². The highest BCUT2D eigenvalue weighted by Gasteiger charge is 2.22. The molecule has 0 radical (unpaired) electrons. The molecule has 0 aliphatic rings. The molecule has 3 nitrogen and oxygen atoms in total. The number of hydrogen-bond acceptors (Lipinski definition) is 3. The number of aliphatic hydroxyl groups excluding tert-OH is 1. The van der Waals surface area contributed by atoms with Gasteiger partial charge in [0.2, 0.25) is 0 Å². The van der Waals surface area contributed by atoms with Crippen LogP contribution in [0.15, 0.2) is 24.3 Å². The fraction of sp³-hybridized carbons (Fsp3) is 0.438. The van der Waals surface area contributed by atoms with E-state index in [1.807, 2.05) is 45.0 Å². The van der Waals surface area contributed by atoms with Crippen LogP contribution in [0.5, 0.6) is 0 Å². The van der Waals surface area contributed by atoms with Gasteiger partial charge in [0.15, 0.2) is 0 Å². The largest absolute Gasteiger partial charge is 0.393 e. The molecule has 2 rings (SSSR count). The Bertz CT molecular complexity index is 645. The van der Waals surface area contributed by atoms with Crippen LogP contribution in [0.1, 0.15) is 36.9 Å². The molecular weight excluding hydrogens is 306 g/mol. The van der Waals surface area contributed by atoms with Gasteiger partial charge in [-0.2, -0.15) is 0 Å². The first-order valence-corrected chi connectivity index (χ1v) is 8.13. The van der Waals surface area contributed by atoms with Crippen LogP contribution < -0.4 is 5.32 Å². The van der Waals surface area contributed by atoms with Crippen LogP contribution in [-0.4, -0.2) is 23.7 Å². The number of halogens is 1. The van der Waals surface area contributed by atoms with Gasteiger partial charge in [-0.1, -0.05) is 50.6 Å². The quantitative estimate of drug-likeness (QED) is 0.889. The summed E-state index contributed by atoms with van der Waals surface area (Å²) in [6, 6.07) is 7.69. The molecule has 0 aliphatic carbocycles. The summed E-state index contributed by atoms with van der Waals surface area (Å²) < 4.78 is 1.00. The van der Waals surface area contributed by atoms with Gasteiger partial charge >= 0.3 is 0 Å². The van der Waals surface area contributed by atoms with Gasteiger partial charge in [0, 0.05) is 16.6 Å². The zero-order valence-corrected chi connectivity index (χ0v) is 14.0. The lowest BCUT2D eigenvalue weighted by Crippen LogP contribution is -2.32. The van der Waals surface area contributed by atoms with Gasteiger partial charge in [-0.15, -0.1) is 11.3 Å². The molecule has 0 fully saturated rings. The number of carbonyl (C=O) groups is 1. The summed E-state index contributed by atoms with van der Waals surface area (Å²) in [7, 11) is 0. The van der Waals surface area contributed by atoms with E-state index in [9.17, 15) is 9.90 Å². The van der Waals surface area contributed by atoms with Crippen LogP contribution in [0.3, 0.4) is 0 Å². The van der Waals surface area contributed by atoms with Gasteiger partial charge in [-0.25, -0.2) is 0 Å². The van der Waals surface area contributed by atoms with Crippen LogP contribution in [0, 0.1) is 5.41 Å². The third-order valence-corrected chi connectivity index (χ3v) is 5.12. The van der Waals surface area contributed by atoms with E-state index in [1.54, 1.807) is 0 Å². The number of benzene rings is 1. The van der Waals surface area contributed by atoms with E-state index in [0.717, 1.165) is 10.1 Å². The lowest BCUT2D eigenvalue weighted by Gasteiger charge is -2.25. The van der Waals surface area contributed by atoms with Gasteiger partial charge < -0.3 is 10.4 Å². The van der Waals surface area contributed by atoms with Crippen LogP contribution in [0.4, 0.5) is 0 Å². The molecule has 0 saturated carbocycles. The van der Waals surface area contributed by atoms with Crippen LogP contribution in [0.25, 0.3) is 10.1 Å². The molecule has 0 saturated heterocycles. The zero-order valence-electron chi connectivity index (χ0n) is 12.4. The Hall–Kier alpha value is -1.10. The normalized spacial score (nSPS) is 13.4. The predicted molar refractivity (Wildman–Crippen MR) is 89.2 cm³/mol. The SMILES string of the molecule is CC(C)(C)[C@H](O)CCNC(=O)c1sc2ccccc2c1Cl. The molecule has 2 N–H and O–H groups in total. The highest BCUT2D eigenvalue weighted by molar-refractivity contribution is 7.21. The van der Waals surface area contributed by atoms with E-state index < -0.39 is 6.10 Å². The number of amides is 1. The molecule has 21 heavy (non-hydrogen) atoms. The molecule has 1 aromatic heterocycles. The monoisotopic (exact) mass is 325 g/mol. The van der Waals surface area contributed by atoms with E-state index >= 15 is 0 Å². The highest BCUT2D eigenvalue weighted by atomic mass is 35.5. The maximum absolute atomic E-state index is 12.2. The summed E-state index contributed by atoms with van der Waals surface area (Å²) in [6.45, 7) is 6.36. The predicted octanol–water partition coefficient (Wildman–Crippen LogP) is 4.08. The minimum absolute atomic E-state index is 0.178. The third kappa shape index (κ3) is 3.76. The number of carbonyl (C=O) groups excluding carboxylic acids is 1. The Morgan fingerprint density at radius 2 is 2.05 bits per heavy atom. The minimum Gasteiger partial charge on any atom is -0.393 e. The first-order valence-electron chi connectivity index (χ1n) is 6.94. The van der Waals surface area contributed by atoms with Gasteiger partial charge in [-0.05, 0) is 17.9 Å². The Morgan fingerprint density at radius 3 is 2.67 bits per heavy atom. The molecule has 0 bridgehead atoms. The van der Waals surface area contributed by atoms with Crippen molar-refractivity contribution >= 4 is 38.9 Å². The Labute approximate surface area is 133 Å². The standard InChI is InChI=1S/C16H20ClNO2S/c1-16(2,3)12(19)8-9-18-15(20)14-13(17)10-6-4-5-7-11(10)21-14/h4-7,12,19H,8-9H2,1-3H3,(H,18,20)/t12-/m1/s1. The number of hydrogen-bond donors (Lipinski definition) is 2. The van der Waals surface area contributed by atoms with Gasteiger partial charge in [-0.3, -0.25) is 4.79 Å². The molecule has 1 atom stereocenters. The maximum atomic E-state index is 12.2. The average molecular weight is 326 g/mol. The topological polar surface area (TPSA) is 49.3 Å². The Kier molecular flexibility index (Phi) is 4.91. The summed E-state index contributed by atoms with van der Waals surface area (Å²) in [4.78, 5) is 12.7. The van der Waals surface area contributed by atoms with Crippen molar-refractivity contribution in [2.24, 2.45) is 5.41 Å². The van der Waals surface area contributed by atoms with Crippen molar-refractivity contribution in [3.8, 4) is 0 Å². The lowest BCUT2D eigenvalue weighted by atomic mass is 9.87. The van der Waals surface area contributed by atoms with Crippen molar-refractivity contribution in [3.05, 3.63) is 34.2 Å². The fourth-order valence-electron chi connectivity index (χ4n) is 2.00. The molecule has 0 unspecified atom stereocenters. The van der Waals surface area contributed by atoms with Crippen molar-refractivity contribution in [3.63, 3.8) is 0 Å². The minimum atomic E-state index is -0.448. The van der Waals surface area contributed by atoms with Crippen molar-refractivity contribution in [1.82, 2.24) is 5.32 Å². The van der Waals surface area contributed by atoms with Gasteiger partial charge in [0.1, 0.15) is 4.88 Å². The zero-order chi connectivity index (χ0) is 15.6. The van der Waals surface area contributed by atoms with Gasteiger partial charge in [0.05, 0.1) is 11.1 Å². The maximum Gasteiger partial charge on any atom is 0.262 e. The van der Waals surface area contributed by atoms with E-state index in [4.69, 9.17) is 11.6 Å². The van der Waals surface area contributed by atoms with Crippen molar-refractivity contribution in [2.45, 2.75) is 33.3 Å². The fourth-order valence-corrected chi connectivity index (χ4v) is 3.43. The molecule has 1 amide bonds. The number of thiophene rings is 1. The van der Waals surface area contributed by atoms with Crippen molar-refractivity contribution in [1.29, 1.82) is 0 Å². The second-order valence-electron chi connectivity index (χ2n) is 6.17. The van der Waals surface area contributed by atoms with Crippen molar-refractivity contribution < 1.29 is 9.90 Å².